The second kappa shape index (κ2) is 5.27. The molecule has 0 fully saturated rings. The summed E-state index contributed by atoms with van der Waals surface area (Å²) in [5.74, 6) is 0. The van der Waals surface area contributed by atoms with Gasteiger partial charge in [0.2, 0.25) is 0 Å². The number of aromatic nitrogens is 4. The van der Waals surface area contributed by atoms with Gasteiger partial charge in [0, 0.05) is 18.6 Å². The minimum Gasteiger partial charge on any atom is -0.245 e. The molecule has 19 heavy (non-hydrogen) atoms. The van der Waals surface area contributed by atoms with Crippen LogP contribution in [0.2, 0.25) is 0 Å². The van der Waals surface area contributed by atoms with E-state index in [1.54, 1.807) is 18.7 Å². The third kappa shape index (κ3) is 2.74. The molecule has 0 aliphatic rings. The highest BCUT2D eigenvalue weighted by atomic mass is 15.3. The zero-order chi connectivity index (χ0) is 12.9. The normalized spacial score (nSPS) is 10.9. The molecule has 92 valence electrons. The topological polar surface area (TPSA) is 43.6 Å². The summed E-state index contributed by atoms with van der Waals surface area (Å²) < 4.78 is 1.83. The van der Waals surface area contributed by atoms with E-state index in [9.17, 15) is 0 Å². The lowest BCUT2D eigenvalue weighted by atomic mass is 10.2. The Morgan fingerprint density at radius 1 is 0.947 bits per heavy atom. The van der Waals surface area contributed by atoms with E-state index in [1.165, 1.54) is 0 Å². The van der Waals surface area contributed by atoms with Gasteiger partial charge in [0.25, 0.3) is 0 Å². The SMILES string of the molecule is C(=C\c1ccncn1)/c1ccc(-n2cccn2)cc1. The summed E-state index contributed by atoms with van der Waals surface area (Å²) in [5, 5.41) is 4.19. The van der Waals surface area contributed by atoms with Gasteiger partial charge in [0.15, 0.2) is 0 Å². The first-order valence-corrected chi connectivity index (χ1v) is 5.96. The fourth-order valence-electron chi connectivity index (χ4n) is 1.74. The van der Waals surface area contributed by atoms with Crippen molar-refractivity contribution in [2.24, 2.45) is 0 Å². The first kappa shape index (κ1) is 11.3. The first-order valence-electron chi connectivity index (χ1n) is 5.96. The number of hydrogen-bond donors (Lipinski definition) is 0. The van der Waals surface area contributed by atoms with Gasteiger partial charge in [0.1, 0.15) is 6.33 Å². The summed E-state index contributed by atoms with van der Waals surface area (Å²) in [6, 6.07) is 11.9. The molecule has 0 amide bonds. The van der Waals surface area contributed by atoms with Crippen molar-refractivity contribution in [2.45, 2.75) is 0 Å². The zero-order valence-electron chi connectivity index (χ0n) is 10.2. The molecule has 4 nitrogen and oxygen atoms in total. The Bertz CT molecular complexity index is 655. The van der Waals surface area contributed by atoms with Crippen molar-refractivity contribution >= 4 is 12.2 Å². The van der Waals surface area contributed by atoms with Gasteiger partial charge in [-0.05, 0) is 35.9 Å². The van der Waals surface area contributed by atoms with Crippen molar-refractivity contribution < 1.29 is 0 Å². The van der Waals surface area contributed by atoms with E-state index in [2.05, 4.69) is 27.2 Å². The fraction of sp³-hybridized carbons (Fsp3) is 0. The van der Waals surface area contributed by atoms with Crippen LogP contribution in [0.1, 0.15) is 11.3 Å². The molecule has 0 spiro atoms. The molecule has 0 N–H and O–H groups in total. The summed E-state index contributed by atoms with van der Waals surface area (Å²) in [5.41, 5.74) is 3.06. The van der Waals surface area contributed by atoms with Crippen molar-refractivity contribution in [2.75, 3.05) is 0 Å². The second-order valence-corrected chi connectivity index (χ2v) is 4.01. The molecule has 2 heterocycles. The van der Waals surface area contributed by atoms with Crippen LogP contribution in [0.15, 0.2) is 61.3 Å². The lowest BCUT2D eigenvalue weighted by Gasteiger charge is -2.01. The molecule has 0 saturated heterocycles. The third-order valence-electron chi connectivity index (χ3n) is 2.71. The van der Waals surface area contributed by atoms with Crippen molar-refractivity contribution in [3.8, 4) is 5.69 Å². The second-order valence-electron chi connectivity index (χ2n) is 4.01. The Labute approximate surface area is 111 Å². The molecular formula is C15H12N4. The molecule has 4 heteroatoms. The van der Waals surface area contributed by atoms with Gasteiger partial charge >= 0.3 is 0 Å². The van der Waals surface area contributed by atoms with Gasteiger partial charge in [-0.3, -0.25) is 0 Å². The summed E-state index contributed by atoms with van der Waals surface area (Å²) >= 11 is 0. The van der Waals surface area contributed by atoms with Crippen molar-refractivity contribution in [1.82, 2.24) is 19.7 Å². The summed E-state index contributed by atoms with van der Waals surface area (Å²) in [6.45, 7) is 0. The number of benzene rings is 1. The van der Waals surface area contributed by atoms with Crippen LogP contribution in [-0.4, -0.2) is 19.7 Å². The van der Waals surface area contributed by atoms with E-state index < -0.39 is 0 Å². The van der Waals surface area contributed by atoms with Crippen LogP contribution in [0.3, 0.4) is 0 Å². The van der Waals surface area contributed by atoms with Crippen LogP contribution >= 0.6 is 0 Å². The van der Waals surface area contributed by atoms with Crippen LogP contribution in [0.25, 0.3) is 17.8 Å². The lowest BCUT2D eigenvalue weighted by molar-refractivity contribution is 0.880. The van der Waals surface area contributed by atoms with Gasteiger partial charge in [-0.25, -0.2) is 14.6 Å². The fourth-order valence-corrected chi connectivity index (χ4v) is 1.74. The van der Waals surface area contributed by atoms with Crippen LogP contribution in [-0.2, 0) is 0 Å². The largest absolute Gasteiger partial charge is 0.245 e. The van der Waals surface area contributed by atoms with Crippen molar-refractivity contribution in [3.05, 3.63) is 72.6 Å². The molecule has 0 bridgehead atoms. The minimum absolute atomic E-state index is 0.895. The maximum absolute atomic E-state index is 4.19. The molecule has 0 atom stereocenters. The highest BCUT2D eigenvalue weighted by Gasteiger charge is 1.95. The maximum Gasteiger partial charge on any atom is 0.115 e. The molecule has 3 aromatic rings. The summed E-state index contributed by atoms with van der Waals surface area (Å²) in [4.78, 5) is 8.03. The van der Waals surface area contributed by atoms with Gasteiger partial charge in [-0.1, -0.05) is 18.2 Å². The van der Waals surface area contributed by atoms with Crippen LogP contribution in [0, 0.1) is 0 Å². The molecule has 0 saturated carbocycles. The first-order chi connectivity index (χ1) is 9.42. The molecule has 0 aliphatic heterocycles. The molecule has 0 radical (unpaired) electrons. The van der Waals surface area contributed by atoms with E-state index in [4.69, 9.17) is 0 Å². The van der Waals surface area contributed by atoms with E-state index in [0.29, 0.717) is 0 Å². The zero-order valence-corrected chi connectivity index (χ0v) is 10.2. The minimum atomic E-state index is 0.895. The predicted molar refractivity (Wildman–Crippen MR) is 74.5 cm³/mol. The van der Waals surface area contributed by atoms with Gasteiger partial charge in [-0.2, -0.15) is 5.10 Å². The van der Waals surface area contributed by atoms with Gasteiger partial charge in [-0.15, -0.1) is 0 Å². The predicted octanol–water partition coefficient (Wildman–Crippen LogP) is 2.83. The Balaban J connectivity index is 1.78. The van der Waals surface area contributed by atoms with E-state index >= 15 is 0 Å². The average molecular weight is 248 g/mol. The summed E-state index contributed by atoms with van der Waals surface area (Å²) in [6.07, 6.45) is 10.9. The molecule has 0 unspecified atom stereocenters. The highest BCUT2D eigenvalue weighted by Crippen LogP contribution is 2.11. The monoisotopic (exact) mass is 248 g/mol. The van der Waals surface area contributed by atoms with Crippen LogP contribution in [0.4, 0.5) is 0 Å². The van der Waals surface area contributed by atoms with Crippen molar-refractivity contribution in [1.29, 1.82) is 0 Å². The molecular weight excluding hydrogens is 236 g/mol. The standard InChI is InChI=1S/C15H12N4/c1-9-18-19(11-1)15-6-3-13(4-7-15)2-5-14-8-10-16-12-17-14/h1-12H/b5-2+. The Morgan fingerprint density at radius 3 is 2.53 bits per heavy atom. The van der Waals surface area contributed by atoms with Crippen LogP contribution in [0.5, 0.6) is 0 Å². The van der Waals surface area contributed by atoms with E-state index in [-0.39, 0.29) is 0 Å². The Kier molecular flexibility index (Phi) is 3.14. The smallest absolute Gasteiger partial charge is 0.115 e. The molecule has 2 aromatic heterocycles. The molecule has 3 rings (SSSR count). The number of rotatable bonds is 3. The van der Waals surface area contributed by atoms with E-state index in [1.807, 2.05) is 47.3 Å². The number of hydrogen-bond acceptors (Lipinski definition) is 3. The lowest BCUT2D eigenvalue weighted by Crippen LogP contribution is -1.93. The van der Waals surface area contributed by atoms with E-state index in [0.717, 1.165) is 16.9 Å². The van der Waals surface area contributed by atoms with Crippen LogP contribution < -0.4 is 0 Å². The molecule has 0 aliphatic carbocycles. The average Bonchev–Trinajstić information content (AvgIpc) is 3.01. The maximum atomic E-state index is 4.19. The van der Waals surface area contributed by atoms with Gasteiger partial charge in [0.05, 0.1) is 11.4 Å². The van der Waals surface area contributed by atoms with Gasteiger partial charge < -0.3 is 0 Å². The Morgan fingerprint density at radius 2 is 1.84 bits per heavy atom. The quantitative estimate of drug-likeness (QED) is 0.715. The third-order valence-corrected chi connectivity index (χ3v) is 2.71. The number of nitrogens with zero attached hydrogens (tertiary/aromatic N) is 4. The Hall–Kier alpha value is -2.75. The summed E-state index contributed by atoms with van der Waals surface area (Å²) in [7, 11) is 0. The van der Waals surface area contributed by atoms with Crippen molar-refractivity contribution in [3.63, 3.8) is 0 Å². The highest BCUT2D eigenvalue weighted by molar-refractivity contribution is 5.68. The molecule has 1 aromatic carbocycles.